The standard InChI is InChI=1S/C17H21N3O4S2/c1-6-24-16(23)14-10(3)11(4)26-15(14)19-12(21)8-20-13(22)7-9(2)18-17(20)25-5/h7H,6,8H2,1-5H3,(H,19,21). The Morgan fingerprint density at radius 1 is 1.35 bits per heavy atom. The lowest BCUT2D eigenvalue weighted by molar-refractivity contribution is -0.116. The second-order valence-corrected chi connectivity index (χ2v) is 7.56. The van der Waals surface area contributed by atoms with Crippen LogP contribution in [0.25, 0.3) is 0 Å². The molecule has 0 saturated carbocycles. The first-order chi connectivity index (χ1) is 12.3. The number of aryl methyl sites for hydroxylation is 2. The molecule has 0 unspecified atom stereocenters. The van der Waals surface area contributed by atoms with E-state index in [1.54, 1.807) is 20.1 Å². The average Bonchev–Trinajstić information content (AvgIpc) is 2.84. The van der Waals surface area contributed by atoms with Crippen molar-refractivity contribution in [3.63, 3.8) is 0 Å². The predicted octanol–water partition coefficient (Wildman–Crippen LogP) is 2.77. The van der Waals surface area contributed by atoms with Crippen LogP contribution in [0.15, 0.2) is 16.0 Å². The molecule has 0 aliphatic rings. The molecular weight excluding hydrogens is 374 g/mol. The molecular formula is C17H21N3O4S2. The summed E-state index contributed by atoms with van der Waals surface area (Å²) in [6.45, 7) is 7.22. The molecule has 7 nitrogen and oxygen atoms in total. The third-order valence-electron chi connectivity index (χ3n) is 3.70. The summed E-state index contributed by atoms with van der Waals surface area (Å²) in [7, 11) is 0. The average molecular weight is 396 g/mol. The van der Waals surface area contributed by atoms with Crippen molar-refractivity contribution in [1.29, 1.82) is 0 Å². The number of ether oxygens (including phenoxy) is 1. The summed E-state index contributed by atoms with van der Waals surface area (Å²) < 4.78 is 6.39. The van der Waals surface area contributed by atoms with Crippen LogP contribution in [-0.2, 0) is 16.1 Å². The van der Waals surface area contributed by atoms with Gasteiger partial charge in [-0.25, -0.2) is 9.78 Å². The van der Waals surface area contributed by atoms with Crippen molar-refractivity contribution in [3.8, 4) is 0 Å². The van der Waals surface area contributed by atoms with E-state index in [0.29, 0.717) is 21.4 Å². The van der Waals surface area contributed by atoms with E-state index < -0.39 is 11.9 Å². The monoisotopic (exact) mass is 395 g/mol. The van der Waals surface area contributed by atoms with Crippen LogP contribution in [0.5, 0.6) is 0 Å². The quantitative estimate of drug-likeness (QED) is 0.459. The second-order valence-electron chi connectivity index (χ2n) is 5.56. The lowest BCUT2D eigenvalue weighted by atomic mass is 10.1. The number of nitrogens with zero attached hydrogens (tertiary/aromatic N) is 2. The molecule has 1 N–H and O–H groups in total. The van der Waals surface area contributed by atoms with E-state index in [1.807, 2.05) is 13.8 Å². The molecule has 2 rings (SSSR count). The highest BCUT2D eigenvalue weighted by atomic mass is 32.2. The van der Waals surface area contributed by atoms with Crippen molar-refractivity contribution >= 4 is 40.0 Å². The zero-order valence-electron chi connectivity index (χ0n) is 15.3. The van der Waals surface area contributed by atoms with Crippen LogP contribution in [0.3, 0.4) is 0 Å². The highest BCUT2D eigenvalue weighted by Gasteiger charge is 2.22. The van der Waals surface area contributed by atoms with Gasteiger partial charge in [0.15, 0.2) is 5.16 Å². The Bertz CT molecular complexity index is 902. The minimum Gasteiger partial charge on any atom is -0.462 e. The van der Waals surface area contributed by atoms with Crippen LogP contribution in [0, 0.1) is 20.8 Å². The van der Waals surface area contributed by atoms with Gasteiger partial charge in [0, 0.05) is 16.6 Å². The molecule has 2 aromatic rings. The van der Waals surface area contributed by atoms with Crippen molar-refractivity contribution < 1.29 is 14.3 Å². The number of anilines is 1. The summed E-state index contributed by atoms with van der Waals surface area (Å²) in [6, 6.07) is 1.39. The molecule has 0 spiro atoms. The van der Waals surface area contributed by atoms with Crippen LogP contribution >= 0.6 is 23.1 Å². The van der Waals surface area contributed by atoms with Gasteiger partial charge >= 0.3 is 5.97 Å². The van der Waals surface area contributed by atoms with E-state index in [-0.39, 0.29) is 18.7 Å². The zero-order chi connectivity index (χ0) is 19.4. The smallest absolute Gasteiger partial charge is 0.341 e. The molecule has 0 aromatic carbocycles. The first kappa shape index (κ1) is 20.2. The lowest BCUT2D eigenvalue weighted by Crippen LogP contribution is -2.29. The van der Waals surface area contributed by atoms with Gasteiger partial charge in [-0.1, -0.05) is 11.8 Å². The van der Waals surface area contributed by atoms with Crippen molar-refractivity contribution in [2.45, 2.75) is 39.4 Å². The lowest BCUT2D eigenvalue weighted by Gasteiger charge is -2.11. The number of nitrogens with one attached hydrogen (secondary N) is 1. The van der Waals surface area contributed by atoms with E-state index >= 15 is 0 Å². The number of aromatic nitrogens is 2. The molecule has 26 heavy (non-hydrogen) atoms. The van der Waals surface area contributed by atoms with Gasteiger partial charge in [0.1, 0.15) is 11.5 Å². The molecule has 1 amide bonds. The summed E-state index contributed by atoms with van der Waals surface area (Å²) in [5.41, 5.74) is 1.45. The van der Waals surface area contributed by atoms with Gasteiger partial charge in [-0.2, -0.15) is 0 Å². The number of amides is 1. The Balaban J connectivity index is 2.28. The van der Waals surface area contributed by atoms with Crippen LogP contribution in [0.1, 0.15) is 33.4 Å². The van der Waals surface area contributed by atoms with Crippen molar-refractivity contribution in [3.05, 3.63) is 38.1 Å². The van der Waals surface area contributed by atoms with Gasteiger partial charge in [0.2, 0.25) is 5.91 Å². The van der Waals surface area contributed by atoms with Gasteiger partial charge < -0.3 is 10.1 Å². The van der Waals surface area contributed by atoms with E-state index in [4.69, 9.17) is 4.74 Å². The fraction of sp³-hybridized carbons (Fsp3) is 0.412. The molecule has 140 valence electrons. The number of carbonyl (C=O) groups excluding carboxylic acids is 2. The van der Waals surface area contributed by atoms with E-state index in [0.717, 1.165) is 10.4 Å². The molecule has 0 fully saturated rings. The second kappa shape index (κ2) is 8.50. The first-order valence-corrected chi connectivity index (χ1v) is 10.0. The summed E-state index contributed by atoms with van der Waals surface area (Å²) in [5, 5.41) is 3.63. The van der Waals surface area contributed by atoms with E-state index in [1.165, 1.54) is 33.7 Å². The normalized spacial score (nSPS) is 10.7. The number of rotatable bonds is 6. The zero-order valence-corrected chi connectivity index (χ0v) is 17.0. The van der Waals surface area contributed by atoms with Crippen LogP contribution in [0.4, 0.5) is 5.00 Å². The van der Waals surface area contributed by atoms with Gasteiger partial charge in [-0.15, -0.1) is 11.3 Å². The van der Waals surface area contributed by atoms with Crippen molar-refractivity contribution in [2.24, 2.45) is 0 Å². The maximum Gasteiger partial charge on any atom is 0.341 e. The summed E-state index contributed by atoms with van der Waals surface area (Å²) >= 11 is 2.60. The predicted molar refractivity (Wildman–Crippen MR) is 103 cm³/mol. The third-order valence-corrected chi connectivity index (χ3v) is 5.50. The maximum absolute atomic E-state index is 12.5. The molecule has 0 radical (unpaired) electrons. The minimum atomic E-state index is -0.469. The number of hydrogen-bond acceptors (Lipinski definition) is 7. The van der Waals surface area contributed by atoms with E-state index in [9.17, 15) is 14.4 Å². The van der Waals surface area contributed by atoms with Crippen molar-refractivity contribution in [1.82, 2.24) is 9.55 Å². The number of esters is 1. The fourth-order valence-electron chi connectivity index (χ4n) is 2.37. The Hall–Kier alpha value is -2.13. The Labute approximate surface area is 159 Å². The van der Waals surface area contributed by atoms with Crippen LogP contribution in [0.2, 0.25) is 0 Å². The van der Waals surface area contributed by atoms with Crippen molar-refractivity contribution in [2.75, 3.05) is 18.2 Å². The summed E-state index contributed by atoms with van der Waals surface area (Å²) in [4.78, 5) is 42.1. The number of thiophene rings is 1. The highest BCUT2D eigenvalue weighted by molar-refractivity contribution is 7.98. The molecule has 0 aliphatic carbocycles. The number of thioether (sulfide) groups is 1. The SMILES string of the molecule is CCOC(=O)c1c(NC(=O)Cn2c(SC)nc(C)cc2=O)sc(C)c1C. The first-order valence-electron chi connectivity index (χ1n) is 7.97. The topological polar surface area (TPSA) is 90.3 Å². The highest BCUT2D eigenvalue weighted by Crippen LogP contribution is 2.33. The number of carbonyl (C=O) groups is 2. The van der Waals surface area contributed by atoms with Crippen LogP contribution in [-0.4, -0.2) is 34.3 Å². The van der Waals surface area contributed by atoms with Gasteiger partial charge in [-0.3, -0.25) is 14.2 Å². The largest absolute Gasteiger partial charge is 0.462 e. The molecule has 0 atom stereocenters. The van der Waals surface area contributed by atoms with Gasteiger partial charge in [0.25, 0.3) is 5.56 Å². The Kier molecular flexibility index (Phi) is 6.60. The minimum absolute atomic E-state index is 0.180. The Morgan fingerprint density at radius 2 is 2.04 bits per heavy atom. The van der Waals surface area contributed by atoms with Gasteiger partial charge in [-0.05, 0) is 39.5 Å². The molecule has 2 heterocycles. The maximum atomic E-state index is 12.5. The molecule has 0 saturated heterocycles. The third kappa shape index (κ3) is 4.34. The molecule has 2 aromatic heterocycles. The molecule has 0 bridgehead atoms. The summed E-state index contributed by atoms with van der Waals surface area (Å²) in [6.07, 6.45) is 1.79. The van der Waals surface area contributed by atoms with E-state index in [2.05, 4.69) is 10.3 Å². The molecule has 9 heteroatoms. The summed E-state index contributed by atoms with van der Waals surface area (Å²) in [5.74, 6) is -0.872. The Morgan fingerprint density at radius 3 is 2.65 bits per heavy atom. The fourth-order valence-corrected chi connectivity index (χ4v) is 4.04. The van der Waals surface area contributed by atoms with Gasteiger partial charge in [0.05, 0.1) is 12.2 Å². The van der Waals surface area contributed by atoms with Crippen LogP contribution < -0.4 is 10.9 Å². The molecule has 0 aliphatic heterocycles. The number of hydrogen-bond donors (Lipinski definition) is 1.